The highest BCUT2D eigenvalue weighted by molar-refractivity contribution is 9.10. The number of nitrogens with zero attached hydrogens (tertiary/aromatic N) is 1. The van der Waals surface area contributed by atoms with Crippen molar-refractivity contribution in [3.8, 4) is 0 Å². The number of carboxylic acid groups (broad SMARTS) is 1. The molecule has 1 aliphatic rings. The second-order valence-corrected chi connectivity index (χ2v) is 5.01. The number of carbonyl (C=O) groups excluding carboxylic acids is 1. The number of carbonyl (C=O) groups is 2. The molecule has 0 aromatic carbocycles. The van der Waals surface area contributed by atoms with E-state index in [1.54, 1.807) is 6.20 Å². The van der Waals surface area contributed by atoms with Crippen LogP contribution < -0.4 is 5.32 Å². The van der Waals surface area contributed by atoms with E-state index in [9.17, 15) is 9.59 Å². The molecule has 90 valence electrons. The van der Waals surface area contributed by atoms with E-state index in [-0.39, 0.29) is 5.91 Å². The molecule has 0 spiro atoms. The van der Waals surface area contributed by atoms with Gasteiger partial charge in [-0.05, 0) is 40.9 Å². The van der Waals surface area contributed by atoms with E-state index >= 15 is 0 Å². The SMILES string of the molecule is Cc1cc(Br)cnc1NC(=O)C1CC1C(=O)O. The van der Waals surface area contributed by atoms with Crippen molar-refractivity contribution >= 4 is 33.6 Å². The molecule has 1 heterocycles. The van der Waals surface area contributed by atoms with E-state index in [0.717, 1.165) is 10.0 Å². The molecule has 2 unspecified atom stereocenters. The zero-order chi connectivity index (χ0) is 12.6. The van der Waals surface area contributed by atoms with Gasteiger partial charge >= 0.3 is 5.97 Å². The predicted molar refractivity (Wildman–Crippen MR) is 64.5 cm³/mol. The van der Waals surface area contributed by atoms with Gasteiger partial charge in [0.15, 0.2) is 0 Å². The maximum Gasteiger partial charge on any atom is 0.307 e. The molecule has 5 nitrogen and oxygen atoms in total. The van der Waals surface area contributed by atoms with Crippen LogP contribution in [0.15, 0.2) is 16.7 Å². The van der Waals surface area contributed by atoms with E-state index in [1.165, 1.54) is 0 Å². The Morgan fingerprint density at radius 1 is 1.53 bits per heavy atom. The van der Waals surface area contributed by atoms with Crippen LogP contribution in [0, 0.1) is 18.8 Å². The van der Waals surface area contributed by atoms with Crippen LogP contribution in [0.4, 0.5) is 5.82 Å². The Morgan fingerprint density at radius 2 is 2.24 bits per heavy atom. The number of hydrogen-bond acceptors (Lipinski definition) is 3. The number of carboxylic acids is 1. The van der Waals surface area contributed by atoms with Crippen LogP contribution >= 0.6 is 15.9 Å². The lowest BCUT2D eigenvalue weighted by atomic mass is 10.2. The number of pyridine rings is 1. The lowest BCUT2D eigenvalue weighted by Crippen LogP contribution is -2.18. The Kier molecular flexibility index (Phi) is 3.15. The van der Waals surface area contributed by atoms with Gasteiger partial charge in [-0.25, -0.2) is 4.98 Å². The van der Waals surface area contributed by atoms with Crippen molar-refractivity contribution in [3.05, 3.63) is 22.3 Å². The Balaban J connectivity index is 2.02. The van der Waals surface area contributed by atoms with Crippen LogP contribution in [0.1, 0.15) is 12.0 Å². The van der Waals surface area contributed by atoms with Gasteiger partial charge in [-0.1, -0.05) is 0 Å². The minimum Gasteiger partial charge on any atom is -0.481 e. The first-order valence-corrected chi connectivity index (χ1v) is 5.94. The zero-order valence-electron chi connectivity index (χ0n) is 9.11. The molecular weight excluding hydrogens is 288 g/mol. The molecule has 1 saturated carbocycles. The molecule has 0 radical (unpaired) electrons. The average Bonchev–Trinajstić information content (AvgIpc) is 3.01. The van der Waals surface area contributed by atoms with Gasteiger partial charge in [0.1, 0.15) is 5.82 Å². The lowest BCUT2D eigenvalue weighted by molar-refractivity contribution is -0.139. The molecule has 2 atom stereocenters. The number of aliphatic carboxylic acids is 1. The Labute approximate surface area is 106 Å². The molecule has 0 bridgehead atoms. The number of rotatable bonds is 3. The normalized spacial score (nSPS) is 22.0. The predicted octanol–water partition coefficient (Wildman–Crippen LogP) is 1.81. The largest absolute Gasteiger partial charge is 0.481 e. The molecule has 1 aromatic heterocycles. The highest BCUT2D eigenvalue weighted by Gasteiger charge is 2.48. The van der Waals surface area contributed by atoms with E-state index < -0.39 is 17.8 Å². The quantitative estimate of drug-likeness (QED) is 0.892. The Bertz CT molecular complexity index is 490. The van der Waals surface area contributed by atoms with Crippen molar-refractivity contribution in [2.75, 3.05) is 5.32 Å². The van der Waals surface area contributed by atoms with E-state index in [1.807, 2.05) is 13.0 Å². The average molecular weight is 299 g/mol. The summed E-state index contributed by atoms with van der Waals surface area (Å²) in [4.78, 5) is 26.4. The minimum absolute atomic E-state index is 0.268. The van der Waals surface area contributed by atoms with Crippen LogP contribution in [-0.4, -0.2) is 22.0 Å². The summed E-state index contributed by atoms with van der Waals surface area (Å²) < 4.78 is 0.836. The fraction of sp³-hybridized carbons (Fsp3) is 0.364. The molecule has 2 N–H and O–H groups in total. The molecule has 1 aromatic rings. The van der Waals surface area contributed by atoms with Gasteiger partial charge in [0.25, 0.3) is 0 Å². The van der Waals surface area contributed by atoms with Gasteiger partial charge < -0.3 is 10.4 Å². The fourth-order valence-corrected chi connectivity index (χ4v) is 2.08. The highest BCUT2D eigenvalue weighted by Crippen LogP contribution is 2.39. The van der Waals surface area contributed by atoms with Crippen molar-refractivity contribution < 1.29 is 14.7 Å². The highest BCUT2D eigenvalue weighted by atomic mass is 79.9. The molecule has 1 aliphatic carbocycles. The van der Waals surface area contributed by atoms with Crippen molar-refractivity contribution in [1.82, 2.24) is 4.98 Å². The third kappa shape index (κ3) is 2.63. The third-order valence-corrected chi connectivity index (χ3v) is 3.16. The van der Waals surface area contributed by atoms with Crippen molar-refractivity contribution in [1.29, 1.82) is 0 Å². The molecule has 6 heteroatoms. The topological polar surface area (TPSA) is 79.3 Å². The second-order valence-electron chi connectivity index (χ2n) is 4.10. The van der Waals surface area contributed by atoms with Gasteiger partial charge in [0.2, 0.25) is 5.91 Å². The van der Waals surface area contributed by atoms with Gasteiger partial charge in [0.05, 0.1) is 11.8 Å². The van der Waals surface area contributed by atoms with Crippen molar-refractivity contribution in [3.63, 3.8) is 0 Å². The molecule has 2 rings (SSSR count). The Hall–Kier alpha value is -1.43. The summed E-state index contributed by atoms with van der Waals surface area (Å²) in [6.07, 6.45) is 2.00. The standard InChI is InChI=1S/C11H11BrN2O3/c1-5-2-6(12)4-13-9(5)14-10(15)7-3-8(7)11(16)17/h2,4,7-8H,3H2,1H3,(H,16,17)(H,13,14,15). The van der Waals surface area contributed by atoms with Gasteiger partial charge in [-0.2, -0.15) is 0 Å². The molecule has 0 aliphatic heterocycles. The van der Waals surface area contributed by atoms with Crippen LogP contribution in [-0.2, 0) is 9.59 Å². The summed E-state index contributed by atoms with van der Waals surface area (Å²) in [5.41, 5.74) is 0.834. The fourth-order valence-electron chi connectivity index (χ4n) is 1.64. The van der Waals surface area contributed by atoms with E-state index in [4.69, 9.17) is 5.11 Å². The smallest absolute Gasteiger partial charge is 0.307 e. The monoisotopic (exact) mass is 298 g/mol. The third-order valence-electron chi connectivity index (χ3n) is 2.73. The summed E-state index contributed by atoms with van der Waals surface area (Å²) in [5, 5.41) is 11.4. The molecule has 1 fully saturated rings. The lowest BCUT2D eigenvalue weighted by Gasteiger charge is -2.06. The number of aryl methyl sites for hydroxylation is 1. The number of hydrogen-bond donors (Lipinski definition) is 2. The van der Waals surface area contributed by atoms with Crippen molar-refractivity contribution in [2.45, 2.75) is 13.3 Å². The van der Waals surface area contributed by atoms with Crippen LogP contribution in [0.25, 0.3) is 0 Å². The van der Waals surface area contributed by atoms with Crippen LogP contribution in [0.5, 0.6) is 0 Å². The van der Waals surface area contributed by atoms with E-state index in [0.29, 0.717) is 12.2 Å². The first-order valence-electron chi connectivity index (χ1n) is 5.15. The number of amides is 1. The summed E-state index contributed by atoms with van der Waals surface area (Å²) in [6.45, 7) is 1.83. The summed E-state index contributed by atoms with van der Waals surface area (Å²) in [5.74, 6) is -1.65. The number of aromatic nitrogens is 1. The first kappa shape index (κ1) is 12.0. The summed E-state index contributed by atoms with van der Waals surface area (Å²) in [7, 11) is 0. The second kappa shape index (κ2) is 4.44. The number of anilines is 1. The number of halogens is 1. The van der Waals surface area contributed by atoms with E-state index in [2.05, 4.69) is 26.2 Å². The van der Waals surface area contributed by atoms with Gasteiger partial charge in [0, 0.05) is 10.7 Å². The minimum atomic E-state index is -0.911. The zero-order valence-corrected chi connectivity index (χ0v) is 10.7. The summed E-state index contributed by atoms with van der Waals surface area (Å²) >= 11 is 3.28. The molecular formula is C11H11BrN2O3. The molecule has 0 saturated heterocycles. The Morgan fingerprint density at radius 3 is 2.76 bits per heavy atom. The first-order chi connectivity index (χ1) is 7.99. The maximum atomic E-state index is 11.7. The summed E-state index contributed by atoms with van der Waals surface area (Å²) in [6, 6.07) is 1.84. The van der Waals surface area contributed by atoms with Crippen molar-refractivity contribution in [2.24, 2.45) is 11.8 Å². The van der Waals surface area contributed by atoms with Gasteiger partial charge in [-0.15, -0.1) is 0 Å². The maximum absolute atomic E-state index is 11.7. The molecule has 1 amide bonds. The van der Waals surface area contributed by atoms with Crippen LogP contribution in [0.2, 0.25) is 0 Å². The van der Waals surface area contributed by atoms with Crippen LogP contribution in [0.3, 0.4) is 0 Å². The molecule has 17 heavy (non-hydrogen) atoms. The number of nitrogens with one attached hydrogen (secondary N) is 1. The van der Waals surface area contributed by atoms with Gasteiger partial charge in [-0.3, -0.25) is 9.59 Å².